The van der Waals surface area contributed by atoms with E-state index >= 15 is 0 Å². The second kappa shape index (κ2) is 6.52. The summed E-state index contributed by atoms with van der Waals surface area (Å²) in [6, 6.07) is 6.72. The van der Waals surface area contributed by atoms with Gasteiger partial charge >= 0.3 is 0 Å². The number of carbonyl (C=O) groups is 1. The SMILES string of the molecule is O=C(c1cccc2c1CCCN2)N1CCC(N2CCCCC2)C1. The van der Waals surface area contributed by atoms with Crippen molar-refractivity contribution in [2.24, 2.45) is 0 Å². The van der Waals surface area contributed by atoms with Gasteiger partial charge in [-0.3, -0.25) is 9.69 Å². The largest absolute Gasteiger partial charge is 0.385 e. The molecule has 0 spiro atoms. The zero-order valence-corrected chi connectivity index (χ0v) is 13.9. The number of fused-ring (bicyclic) bond motifs is 1. The fourth-order valence-electron chi connectivity index (χ4n) is 4.39. The number of hydrogen-bond donors (Lipinski definition) is 1. The van der Waals surface area contributed by atoms with E-state index < -0.39 is 0 Å². The molecule has 4 nitrogen and oxygen atoms in total. The van der Waals surface area contributed by atoms with E-state index in [1.54, 1.807) is 0 Å². The van der Waals surface area contributed by atoms with Crippen LogP contribution in [0.5, 0.6) is 0 Å². The maximum absolute atomic E-state index is 13.0. The van der Waals surface area contributed by atoms with E-state index in [4.69, 9.17) is 0 Å². The molecule has 0 radical (unpaired) electrons. The van der Waals surface area contributed by atoms with E-state index in [9.17, 15) is 4.79 Å². The Bertz CT molecular complexity index is 580. The summed E-state index contributed by atoms with van der Waals surface area (Å²) < 4.78 is 0. The average molecular weight is 313 g/mol. The maximum atomic E-state index is 13.0. The van der Waals surface area contributed by atoms with Crippen LogP contribution in [0.2, 0.25) is 0 Å². The maximum Gasteiger partial charge on any atom is 0.254 e. The zero-order valence-electron chi connectivity index (χ0n) is 13.9. The highest BCUT2D eigenvalue weighted by Gasteiger charge is 2.32. The molecule has 2 saturated heterocycles. The number of nitrogens with one attached hydrogen (secondary N) is 1. The van der Waals surface area contributed by atoms with Gasteiger partial charge < -0.3 is 10.2 Å². The van der Waals surface area contributed by atoms with Gasteiger partial charge in [0.2, 0.25) is 0 Å². The summed E-state index contributed by atoms with van der Waals surface area (Å²) in [5, 5.41) is 3.43. The second-order valence-corrected chi connectivity index (χ2v) is 7.15. The van der Waals surface area contributed by atoms with Crippen molar-refractivity contribution in [1.29, 1.82) is 0 Å². The highest BCUT2D eigenvalue weighted by atomic mass is 16.2. The van der Waals surface area contributed by atoms with Gasteiger partial charge in [0.25, 0.3) is 5.91 Å². The van der Waals surface area contributed by atoms with Crippen molar-refractivity contribution >= 4 is 11.6 Å². The predicted molar refractivity (Wildman–Crippen MR) is 93.0 cm³/mol. The Morgan fingerprint density at radius 3 is 2.83 bits per heavy atom. The first kappa shape index (κ1) is 15.0. The van der Waals surface area contributed by atoms with Crippen LogP contribution in [-0.4, -0.2) is 54.5 Å². The Morgan fingerprint density at radius 2 is 1.96 bits per heavy atom. The van der Waals surface area contributed by atoms with Gasteiger partial charge in [-0.15, -0.1) is 0 Å². The lowest BCUT2D eigenvalue weighted by Crippen LogP contribution is -2.41. The van der Waals surface area contributed by atoms with Crippen LogP contribution in [0, 0.1) is 0 Å². The van der Waals surface area contributed by atoms with E-state index in [1.807, 2.05) is 12.1 Å². The minimum Gasteiger partial charge on any atom is -0.385 e. The lowest BCUT2D eigenvalue weighted by Gasteiger charge is -2.32. The smallest absolute Gasteiger partial charge is 0.254 e. The molecule has 1 aromatic carbocycles. The third-order valence-electron chi connectivity index (χ3n) is 5.68. The summed E-state index contributed by atoms with van der Waals surface area (Å²) in [6.45, 7) is 5.28. The van der Waals surface area contributed by atoms with Gasteiger partial charge in [-0.05, 0) is 62.9 Å². The molecule has 3 heterocycles. The lowest BCUT2D eigenvalue weighted by molar-refractivity contribution is 0.0770. The predicted octanol–water partition coefficient (Wildman–Crippen LogP) is 2.75. The monoisotopic (exact) mass is 313 g/mol. The number of rotatable bonds is 2. The molecule has 0 aromatic heterocycles. The van der Waals surface area contributed by atoms with Gasteiger partial charge in [-0.25, -0.2) is 0 Å². The summed E-state index contributed by atoms with van der Waals surface area (Å²) in [6.07, 6.45) is 7.29. The van der Waals surface area contributed by atoms with Crippen molar-refractivity contribution in [3.05, 3.63) is 29.3 Å². The second-order valence-electron chi connectivity index (χ2n) is 7.15. The summed E-state index contributed by atoms with van der Waals surface area (Å²) in [5.74, 6) is 0.241. The molecule has 0 saturated carbocycles. The van der Waals surface area contributed by atoms with Gasteiger partial charge in [-0.2, -0.15) is 0 Å². The van der Waals surface area contributed by atoms with Crippen LogP contribution in [0.3, 0.4) is 0 Å². The Hall–Kier alpha value is -1.55. The Balaban J connectivity index is 1.48. The first-order chi connectivity index (χ1) is 11.3. The third-order valence-corrected chi connectivity index (χ3v) is 5.68. The summed E-state index contributed by atoms with van der Waals surface area (Å²) >= 11 is 0. The fraction of sp³-hybridized carbons (Fsp3) is 0.632. The first-order valence-corrected chi connectivity index (χ1v) is 9.22. The summed E-state index contributed by atoms with van der Waals surface area (Å²) in [7, 11) is 0. The normalized spacial score (nSPS) is 25.0. The van der Waals surface area contributed by atoms with Crippen LogP contribution in [0.1, 0.15) is 48.0 Å². The van der Waals surface area contributed by atoms with Crippen LogP contribution in [0.25, 0.3) is 0 Å². The number of hydrogen-bond acceptors (Lipinski definition) is 3. The van der Waals surface area contributed by atoms with Crippen molar-refractivity contribution in [3.8, 4) is 0 Å². The van der Waals surface area contributed by atoms with E-state index in [0.29, 0.717) is 6.04 Å². The molecule has 1 atom stereocenters. The molecule has 0 bridgehead atoms. The summed E-state index contributed by atoms with van der Waals surface area (Å²) in [4.78, 5) is 17.7. The van der Waals surface area contributed by atoms with Crippen LogP contribution < -0.4 is 5.32 Å². The van der Waals surface area contributed by atoms with Gasteiger partial charge in [-0.1, -0.05) is 12.5 Å². The van der Waals surface area contributed by atoms with Crippen molar-refractivity contribution in [2.45, 2.75) is 44.6 Å². The number of anilines is 1. The molecule has 1 unspecified atom stereocenters. The molecule has 1 amide bonds. The average Bonchev–Trinajstić information content (AvgIpc) is 3.11. The fourth-order valence-corrected chi connectivity index (χ4v) is 4.39. The van der Waals surface area contributed by atoms with Gasteiger partial charge in [0.1, 0.15) is 0 Å². The zero-order chi connectivity index (χ0) is 15.6. The number of piperidine rings is 1. The molecule has 3 aliphatic heterocycles. The molecular weight excluding hydrogens is 286 g/mol. The van der Waals surface area contributed by atoms with Gasteiger partial charge in [0, 0.05) is 36.9 Å². The Morgan fingerprint density at radius 1 is 1.09 bits per heavy atom. The van der Waals surface area contributed by atoms with E-state index in [-0.39, 0.29) is 5.91 Å². The molecule has 4 rings (SSSR count). The first-order valence-electron chi connectivity index (χ1n) is 9.22. The topological polar surface area (TPSA) is 35.6 Å². The van der Waals surface area contributed by atoms with Gasteiger partial charge in [0.15, 0.2) is 0 Å². The number of amides is 1. The minimum atomic E-state index is 0.241. The molecule has 2 fully saturated rings. The van der Waals surface area contributed by atoms with Crippen molar-refractivity contribution < 1.29 is 4.79 Å². The molecule has 3 aliphatic rings. The third kappa shape index (κ3) is 2.97. The van der Waals surface area contributed by atoms with Crippen molar-refractivity contribution in [2.75, 3.05) is 38.0 Å². The number of likely N-dealkylation sites (tertiary alicyclic amines) is 2. The van der Waals surface area contributed by atoms with Crippen LogP contribution in [-0.2, 0) is 6.42 Å². The number of benzene rings is 1. The molecule has 4 heteroatoms. The minimum absolute atomic E-state index is 0.241. The number of nitrogens with zero attached hydrogens (tertiary/aromatic N) is 2. The molecule has 23 heavy (non-hydrogen) atoms. The Kier molecular flexibility index (Phi) is 4.25. The highest BCUT2D eigenvalue weighted by molar-refractivity contribution is 5.97. The van der Waals surface area contributed by atoms with Crippen molar-refractivity contribution in [1.82, 2.24) is 9.80 Å². The van der Waals surface area contributed by atoms with Gasteiger partial charge in [0.05, 0.1) is 0 Å². The van der Waals surface area contributed by atoms with E-state index in [2.05, 4.69) is 21.2 Å². The Labute approximate surface area is 138 Å². The van der Waals surface area contributed by atoms with E-state index in [0.717, 1.165) is 50.1 Å². The standard InChI is InChI=1S/C19H27N3O/c23-19(17-6-4-8-18-16(17)7-5-10-20-18)22-13-9-15(14-22)21-11-2-1-3-12-21/h4,6,8,15,20H,1-3,5,7,9-14H2. The summed E-state index contributed by atoms with van der Waals surface area (Å²) in [5.41, 5.74) is 3.31. The van der Waals surface area contributed by atoms with Crippen LogP contribution in [0.15, 0.2) is 18.2 Å². The lowest BCUT2D eigenvalue weighted by atomic mass is 9.97. The van der Waals surface area contributed by atoms with E-state index in [1.165, 1.54) is 37.9 Å². The molecule has 1 N–H and O–H groups in total. The van der Waals surface area contributed by atoms with Crippen LogP contribution in [0.4, 0.5) is 5.69 Å². The number of carbonyl (C=O) groups excluding carboxylic acids is 1. The molecule has 1 aromatic rings. The van der Waals surface area contributed by atoms with Crippen LogP contribution >= 0.6 is 0 Å². The highest BCUT2D eigenvalue weighted by Crippen LogP contribution is 2.28. The molecular formula is C19H27N3O. The molecule has 124 valence electrons. The van der Waals surface area contributed by atoms with Crippen molar-refractivity contribution in [3.63, 3.8) is 0 Å². The molecule has 0 aliphatic carbocycles. The quantitative estimate of drug-likeness (QED) is 0.912.